The molecule has 0 unspecified atom stereocenters. The Morgan fingerprint density at radius 2 is 2.06 bits per heavy atom. The third-order valence-corrected chi connectivity index (χ3v) is 4.31. The summed E-state index contributed by atoms with van der Waals surface area (Å²) in [5, 5.41) is 0.0778. The molecule has 0 amide bonds. The van der Waals surface area contributed by atoms with E-state index in [0.29, 0.717) is 23.6 Å². The monoisotopic (exact) mass is 271 g/mol. The van der Waals surface area contributed by atoms with E-state index in [1.54, 1.807) is 0 Å². The molecule has 0 saturated heterocycles. The second kappa shape index (κ2) is 4.28. The van der Waals surface area contributed by atoms with Crippen molar-refractivity contribution in [1.29, 1.82) is 0 Å². The van der Waals surface area contributed by atoms with Gasteiger partial charge in [0.2, 0.25) is 6.79 Å². The average molecular weight is 272 g/mol. The molecule has 1 aromatic rings. The molecule has 1 fully saturated rings. The lowest BCUT2D eigenvalue weighted by Gasteiger charge is -2.29. The highest BCUT2D eigenvalue weighted by molar-refractivity contribution is 6.31. The number of hydrogen-bond donors (Lipinski definition) is 1. The number of fused-ring (bicyclic) bond motifs is 1. The van der Waals surface area contributed by atoms with Crippen LogP contribution in [0.4, 0.5) is 4.39 Å². The number of hydrogen-bond acceptors (Lipinski definition) is 3. The van der Waals surface area contributed by atoms with Gasteiger partial charge in [0.1, 0.15) is 5.82 Å². The summed E-state index contributed by atoms with van der Waals surface area (Å²) in [6.07, 6.45) is 3.85. The van der Waals surface area contributed by atoms with Crippen molar-refractivity contribution in [2.45, 2.75) is 31.1 Å². The van der Waals surface area contributed by atoms with E-state index in [9.17, 15) is 4.39 Å². The summed E-state index contributed by atoms with van der Waals surface area (Å²) in [6.45, 7) is 0.517. The zero-order valence-electron chi connectivity index (χ0n) is 9.97. The Balaban J connectivity index is 2.21. The van der Waals surface area contributed by atoms with Crippen LogP contribution in [0.25, 0.3) is 0 Å². The molecule has 2 aliphatic rings. The van der Waals surface area contributed by atoms with Crippen LogP contribution in [0.2, 0.25) is 5.02 Å². The number of ether oxygens (including phenoxy) is 2. The van der Waals surface area contributed by atoms with E-state index in [0.717, 1.165) is 25.7 Å². The van der Waals surface area contributed by atoms with Crippen molar-refractivity contribution in [2.75, 3.05) is 13.3 Å². The average Bonchev–Trinajstić information content (AvgIpc) is 3.00. The van der Waals surface area contributed by atoms with E-state index in [1.807, 2.05) is 0 Å². The Hall–Kier alpha value is -1.00. The molecular weight excluding hydrogens is 257 g/mol. The molecule has 0 aromatic heterocycles. The zero-order chi connectivity index (χ0) is 12.8. The molecule has 5 heteroatoms. The first-order valence-corrected chi connectivity index (χ1v) is 6.54. The van der Waals surface area contributed by atoms with E-state index < -0.39 is 5.82 Å². The number of rotatable bonds is 2. The second-order valence-corrected chi connectivity index (χ2v) is 5.38. The Labute approximate surface area is 110 Å². The molecule has 1 aliphatic heterocycles. The van der Waals surface area contributed by atoms with Crippen LogP contribution in [0.15, 0.2) is 6.07 Å². The molecule has 1 aliphatic carbocycles. The van der Waals surface area contributed by atoms with Crippen molar-refractivity contribution in [2.24, 2.45) is 5.73 Å². The molecule has 0 atom stereocenters. The number of halogens is 2. The summed E-state index contributed by atoms with van der Waals surface area (Å²) in [5.41, 5.74) is 6.07. The number of nitrogens with two attached hydrogens (primary N) is 1. The topological polar surface area (TPSA) is 44.5 Å². The van der Waals surface area contributed by atoms with Gasteiger partial charge in [-0.25, -0.2) is 4.39 Å². The molecule has 1 heterocycles. The van der Waals surface area contributed by atoms with Crippen molar-refractivity contribution < 1.29 is 13.9 Å². The Morgan fingerprint density at radius 3 is 2.72 bits per heavy atom. The lowest BCUT2D eigenvalue weighted by Crippen LogP contribution is -2.33. The van der Waals surface area contributed by atoms with Crippen LogP contribution in [0.3, 0.4) is 0 Å². The summed E-state index contributed by atoms with van der Waals surface area (Å²) >= 11 is 5.94. The minimum Gasteiger partial charge on any atom is -0.454 e. The summed E-state index contributed by atoms with van der Waals surface area (Å²) in [5.74, 6) is 0.605. The summed E-state index contributed by atoms with van der Waals surface area (Å²) in [7, 11) is 0. The molecule has 1 aromatic carbocycles. The Kier molecular flexibility index (Phi) is 2.87. The normalized spacial score (nSPS) is 20.4. The predicted molar refractivity (Wildman–Crippen MR) is 66.7 cm³/mol. The maximum Gasteiger partial charge on any atom is 0.231 e. The molecule has 3 rings (SSSR count). The molecule has 0 radical (unpaired) electrons. The van der Waals surface area contributed by atoms with Gasteiger partial charge in [-0.1, -0.05) is 24.4 Å². The van der Waals surface area contributed by atoms with Gasteiger partial charge in [-0.3, -0.25) is 0 Å². The zero-order valence-corrected chi connectivity index (χ0v) is 10.7. The van der Waals surface area contributed by atoms with Gasteiger partial charge in [-0.05, 0) is 12.8 Å². The highest BCUT2D eigenvalue weighted by atomic mass is 35.5. The first-order chi connectivity index (χ1) is 8.68. The van der Waals surface area contributed by atoms with Crippen LogP contribution < -0.4 is 15.2 Å². The molecule has 1 saturated carbocycles. The smallest absolute Gasteiger partial charge is 0.231 e. The number of benzene rings is 1. The molecular formula is C13H15ClFNO2. The van der Waals surface area contributed by atoms with Crippen molar-refractivity contribution >= 4 is 11.6 Å². The third kappa shape index (κ3) is 1.59. The fourth-order valence-electron chi connectivity index (χ4n) is 3.07. The largest absolute Gasteiger partial charge is 0.454 e. The van der Waals surface area contributed by atoms with Gasteiger partial charge in [0.25, 0.3) is 0 Å². The van der Waals surface area contributed by atoms with Gasteiger partial charge in [-0.15, -0.1) is 0 Å². The maximum atomic E-state index is 14.4. The van der Waals surface area contributed by atoms with Crippen molar-refractivity contribution in [3.8, 4) is 11.5 Å². The highest BCUT2D eigenvalue weighted by Gasteiger charge is 2.42. The van der Waals surface area contributed by atoms with Crippen LogP contribution >= 0.6 is 11.6 Å². The van der Waals surface area contributed by atoms with Crippen molar-refractivity contribution in [1.82, 2.24) is 0 Å². The maximum absolute atomic E-state index is 14.4. The molecule has 18 heavy (non-hydrogen) atoms. The Bertz CT molecular complexity index is 486. The summed E-state index contributed by atoms with van der Waals surface area (Å²) in [6, 6.07) is 1.47. The van der Waals surface area contributed by atoms with Gasteiger partial charge in [0, 0.05) is 23.6 Å². The molecule has 2 N–H and O–H groups in total. The van der Waals surface area contributed by atoms with Gasteiger partial charge < -0.3 is 15.2 Å². The van der Waals surface area contributed by atoms with Crippen LogP contribution in [0.1, 0.15) is 31.2 Å². The molecule has 0 spiro atoms. The third-order valence-electron chi connectivity index (χ3n) is 4.04. The van der Waals surface area contributed by atoms with E-state index in [4.69, 9.17) is 26.8 Å². The molecule has 0 bridgehead atoms. The summed E-state index contributed by atoms with van der Waals surface area (Å²) in [4.78, 5) is 0. The minimum absolute atomic E-state index is 0.0778. The van der Waals surface area contributed by atoms with Crippen LogP contribution in [0.5, 0.6) is 11.5 Å². The predicted octanol–water partition coefficient (Wildman–Crippen LogP) is 2.98. The van der Waals surface area contributed by atoms with Crippen LogP contribution in [-0.2, 0) is 5.41 Å². The minimum atomic E-state index is -0.409. The lowest BCUT2D eigenvalue weighted by atomic mass is 9.78. The van der Waals surface area contributed by atoms with E-state index in [-0.39, 0.29) is 17.2 Å². The SMILES string of the molecule is NCC1(c2c(F)c(Cl)cc3c2OCO3)CCCC1. The summed E-state index contributed by atoms with van der Waals surface area (Å²) < 4.78 is 25.2. The Morgan fingerprint density at radius 1 is 1.33 bits per heavy atom. The van der Waals surface area contributed by atoms with Crippen molar-refractivity contribution in [3.05, 3.63) is 22.5 Å². The van der Waals surface area contributed by atoms with Gasteiger partial charge in [0.05, 0.1) is 5.02 Å². The molecule has 98 valence electrons. The fourth-order valence-corrected chi connectivity index (χ4v) is 3.26. The van der Waals surface area contributed by atoms with E-state index >= 15 is 0 Å². The van der Waals surface area contributed by atoms with Crippen LogP contribution in [0, 0.1) is 5.82 Å². The standard InChI is InChI=1S/C13H15ClFNO2/c14-8-5-9-12(18-7-17-9)10(11(8)15)13(6-16)3-1-2-4-13/h5H,1-4,6-7,16H2. The first-order valence-electron chi connectivity index (χ1n) is 6.16. The van der Waals surface area contributed by atoms with E-state index in [2.05, 4.69) is 0 Å². The van der Waals surface area contributed by atoms with E-state index in [1.165, 1.54) is 6.07 Å². The second-order valence-electron chi connectivity index (χ2n) is 4.97. The highest BCUT2D eigenvalue weighted by Crippen LogP contribution is 2.51. The van der Waals surface area contributed by atoms with Gasteiger partial charge >= 0.3 is 0 Å². The van der Waals surface area contributed by atoms with Crippen molar-refractivity contribution in [3.63, 3.8) is 0 Å². The molecule has 3 nitrogen and oxygen atoms in total. The quantitative estimate of drug-likeness (QED) is 0.899. The fraction of sp³-hybridized carbons (Fsp3) is 0.538. The first kappa shape index (κ1) is 12.1. The van der Waals surface area contributed by atoms with Crippen LogP contribution in [-0.4, -0.2) is 13.3 Å². The van der Waals surface area contributed by atoms with Gasteiger partial charge in [0.15, 0.2) is 11.5 Å². The lowest BCUT2D eigenvalue weighted by molar-refractivity contribution is 0.171. The van der Waals surface area contributed by atoms with Gasteiger partial charge in [-0.2, -0.15) is 0 Å².